The van der Waals surface area contributed by atoms with Gasteiger partial charge in [-0.15, -0.1) is 0 Å². The van der Waals surface area contributed by atoms with Crippen LogP contribution in [-0.2, 0) is 6.42 Å². The van der Waals surface area contributed by atoms with E-state index in [-0.39, 0.29) is 0 Å². The summed E-state index contributed by atoms with van der Waals surface area (Å²) in [5, 5.41) is 18.4. The second kappa shape index (κ2) is 6.33. The van der Waals surface area contributed by atoms with Gasteiger partial charge in [-0.3, -0.25) is 0 Å². The molecule has 0 aliphatic carbocycles. The van der Waals surface area contributed by atoms with E-state index in [1.165, 1.54) is 0 Å². The Kier molecular flexibility index (Phi) is 4.73. The standard InChI is InChI=1S/C15H17BrN2O2/c1-9-6-12(10(2)18-17-9)14(19)8-11-4-5-15(20-3)13(16)7-11/h4-7,14,19H,8H2,1-3H3. The number of nitrogens with zero attached hydrogens (tertiary/aromatic N) is 2. The summed E-state index contributed by atoms with van der Waals surface area (Å²) in [6.07, 6.45) is -0.0707. The maximum absolute atomic E-state index is 10.4. The van der Waals surface area contributed by atoms with E-state index in [0.29, 0.717) is 6.42 Å². The SMILES string of the molecule is COc1ccc(CC(O)c2cc(C)nnc2C)cc1Br. The third-order valence-corrected chi connectivity index (χ3v) is 3.76. The normalized spacial score (nSPS) is 12.2. The molecule has 0 aliphatic heterocycles. The van der Waals surface area contributed by atoms with Crippen molar-refractivity contribution in [2.75, 3.05) is 7.11 Å². The highest BCUT2D eigenvalue weighted by molar-refractivity contribution is 9.10. The van der Waals surface area contributed by atoms with Crippen LogP contribution >= 0.6 is 15.9 Å². The van der Waals surface area contributed by atoms with Gasteiger partial charge in [-0.25, -0.2) is 0 Å². The van der Waals surface area contributed by atoms with E-state index in [9.17, 15) is 5.11 Å². The lowest BCUT2D eigenvalue weighted by molar-refractivity contribution is 0.177. The van der Waals surface area contributed by atoms with Gasteiger partial charge in [0.1, 0.15) is 5.75 Å². The molecule has 1 unspecified atom stereocenters. The molecule has 1 aromatic carbocycles. The predicted molar refractivity (Wildman–Crippen MR) is 80.9 cm³/mol. The smallest absolute Gasteiger partial charge is 0.133 e. The zero-order valence-electron chi connectivity index (χ0n) is 11.7. The molecular formula is C15H17BrN2O2. The minimum Gasteiger partial charge on any atom is -0.496 e. The van der Waals surface area contributed by atoms with Crippen molar-refractivity contribution in [2.45, 2.75) is 26.4 Å². The van der Waals surface area contributed by atoms with E-state index in [1.54, 1.807) is 7.11 Å². The van der Waals surface area contributed by atoms with Crippen LogP contribution in [0.3, 0.4) is 0 Å². The zero-order valence-corrected chi connectivity index (χ0v) is 13.3. The van der Waals surface area contributed by atoms with Gasteiger partial charge in [0.2, 0.25) is 0 Å². The van der Waals surface area contributed by atoms with Crippen LogP contribution in [0.4, 0.5) is 0 Å². The van der Waals surface area contributed by atoms with Gasteiger partial charge in [-0.1, -0.05) is 6.07 Å². The summed E-state index contributed by atoms with van der Waals surface area (Å²) >= 11 is 3.45. The quantitative estimate of drug-likeness (QED) is 0.931. The Balaban J connectivity index is 2.21. The maximum atomic E-state index is 10.4. The highest BCUT2D eigenvalue weighted by Gasteiger charge is 2.14. The van der Waals surface area contributed by atoms with Crippen LogP contribution in [0, 0.1) is 13.8 Å². The van der Waals surface area contributed by atoms with Crippen LogP contribution in [-0.4, -0.2) is 22.4 Å². The van der Waals surface area contributed by atoms with Crippen LogP contribution in [0.15, 0.2) is 28.7 Å². The van der Waals surface area contributed by atoms with Crippen LogP contribution in [0.2, 0.25) is 0 Å². The average Bonchev–Trinajstić information content (AvgIpc) is 2.41. The van der Waals surface area contributed by atoms with E-state index in [4.69, 9.17) is 4.74 Å². The van der Waals surface area contributed by atoms with Gasteiger partial charge in [-0.05, 0) is 53.5 Å². The topological polar surface area (TPSA) is 55.2 Å². The number of benzene rings is 1. The lowest BCUT2D eigenvalue weighted by atomic mass is 10.0. The number of aliphatic hydroxyl groups is 1. The second-order valence-electron chi connectivity index (χ2n) is 4.72. The molecule has 2 rings (SSSR count). The van der Waals surface area contributed by atoms with Crippen molar-refractivity contribution in [2.24, 2.45) is 0 Å². The maximum Gasteiger partial charge on any atom is 0.133 e. The number of aromatic nitrogens is 2. The molecule has 1 heterocycles. The minimum absolute atomic E-state index is 0.522. The number of hydrogen-bond donors (Lipinski definition) is 1. The molecule has 4 nitrogen and oxygen atoms in total. The number of aliphatic hydroxyl groups excluding tert-OH is 1. The number of methoxy groups -OCH3 is 1. The lowest BCUT2D eigenvalue weighted by Crippen LogP contribution is -2.07. The van der Waals surface area contributed by atoms with Crippen LogP contribution < -0.4 is 4.74 Å². The summed E-state index contributed by atoms with van der Waals surface area (Å²) in [7, 11) is 1.63. The molecule has 1 atom stereocenters. The lowest BCUT2D eigenvalue weighted by Gasteiger charge is -2.14. The van der Waals surface area contributed by atoms with Gasteiger partial charge < -0.3 is 9.84 Å². The molecular weight excluding hydrogens is 320 g/mol. The number of rotatable bonds is 4. The van der Waals surface area contributed by atoms with Crippen LogP contribution in [0.25, 0.3) is 0 Å². The fourth-order valence-electron chi connectivity index (χ4n) is 2.08. The summed E-state index contributed by atoms with van der Waals surface area (Å²) in [5.74, 6) is 0.779. The first-order valence-corrected chi connectivity index (χ1v) is 7.12. The third-order valence-electron chi connectivity index (χ3n) is 3.14. The van der Waals surface area contributed by atoms with Gasteiger partial charge in [0.25, 0.3) is 0 Å². The molecule has 5 heteroatoms. The highest BCUT2D eigenvalue weighted by atomic mass is 79.9. The Morgan fingerprint density at radius 2 is 2.00 bits per heavy atom. The molecule has 0 fully saturated rings. The number of ether oxygens (including phenoxy) is 1. The van der Waals surface area contributed by atoms with Crippen LogP contribution in [0.5, 0.6) is 5.75 Å². The summed E-state index contributed by atoms with van der Waals surface area (Å²) in [6, 6.07) is 7.67. The number of aryl methyl sites for hydroxylation is 2. The van der Waals surface area contributed by atoms with E-state index < -0.39 is 6.10 Å². The van der Waals surface area contributed by atoms with Crippen molar-refractivity contribution in [3.63, 3.8) is 0 Å². The van der Waals surface area contributed by atoms with Crippen molar-refractivity contribution in [1.82, 2.24) is 10.2 Å². The summed E-state index contributed by atoms with van der Waals surface area (Å²) < 4.78 is 6.08. The van der Waals surface area contributed by atoms with Crippen LogP contribution in [0.1, 0.15) is 28.6 Å². The first-order valence-electron chi connectivity index (χ1n) is 6.32. The second-order valence-corrected chi connectivity index (χ2v) is 5.57. The van der Waals surface area contributed by atoms with Crippen molar-refractivity contribution < 1.29 is 9.84 Å². The summed E-state index contributed by atoms with van der Waals surface area (Å²) in [6.45, 7) is 3.72. The molecule has 1 aromatic heterocycles. The summed E-state index contributed by atoms with van der Waals surface area (Å²) in [5.41, 5.74) is 3.42. The Morgan fingerprint density at radius 1 is 1.25 bits per heavy atom. The van der Waals surface area contributed by atoms with Crippen molar-refractivity contribution in [3.8, 4) is 5.75 Å². The number of halogens is 1. The molecule has 2 aromatic rings. The largest absolute Gasteiger partial charge is 0.496 e. The molecule has 0 bridgehead atoms. The molecule has 20 heavy (non-hydrogen) atoms. The van der Waals surface area contributed by atoms with Crippen molar-refractivity contribution >= 4 is 15.9 Å². The molecule has 0 saturated carbocycles. The average molecular weight is 337 g/mol. The van der Waals surface area contributed by atoms with Gasteiger partial charge in [0, 0.05) is 12.0 Å². The Hall–Kier alpha value is -1.46. The molecule has 0 aliphatic rings. The zero-order chi connectivity index (χ0) is 14.7. The molecule has 0 radical (unpaired) electrons. The molecule has 106 valence electrons. The third kappa shape index (κ3) is 3.35. The Bertz CT molecular complexity index is 617. The Labute approximate surface area is 126 Å². The fraction of sp³-hybridized carbons (Fsp3) is 0.333. The van der Waals surface area contributed by atoms with Gasteiger partial charge >= 0.3 is 0 Å². The Morgan fingerprint density at radius 3 is 2.65 bits per heavy atom. The molecule has 0 spiro atoms. The predicted octanol–water partition coefficient (Wildman–Crippen LogP) is 3.14. The van der Waals surface area contributed by atoms with Gasteiger partial charge in [-0.2, -0.15) is 10.2 Å². The molecule has 0 amide bonds. The van der Waals surface area contributed by atoms with Crippen molar-refractivity contribution in [3.05, 3.63) is 51.3 Å². The molecule has 1 N–H and O–H groups in total. The monoisotopic (exact) mass is 336 g/mol. The van der Waals surface area contributed by atoms with Crippen molar-refractivity contribution in [1.29, 1.82) is 0 Å². The first kappa shape index (κ1) is 14.9. The first-order chi connectivity index (χ1) is 9.51. The highest BCUT2D eigenvalue weighted by Crippen LogP contribution is 2.28. The van der Waals surface area contributed by atoms with Gasteiger partial charge in [0.05, 0.1) is 29.1 Å². The van der Waals surface area contributed by atoms with E-state index in [0.717, 1.165) is 32.7 Å². The fourth-order valence-corrected chi connectivity index (χ4v) is 2.67. The number of hydrogen-bond acceptors (Lipinski definition) is 4. The molecule has 0 saturated heterocycles. The van der Waals surface area contributed by atoms with E-state index >= 15 is 0 Å². The van der Waals surface area contributed by atoms with E-state index in [2.05, 4.69) is 26.1 Å². The minimum atomic E-state index is -0.593. The van der Waals surface area contributed by atoms with Gasteiger partial charge in [0.15, 0.2) is 0 Å². The summed E-state index contributed by atoms with van der Waals surface area (Å²) in [4.78, 5) is 0. The van der Waals surface area contributed by atoms with E-state index in [1.807, 2.05) is 38.1 Å².